The molecule has 1 unspecified atom stereocenters. The lowest BCUT2D eigenvalue weighted by atomic mass is 10.1. The van der Waals surface area contributed by atoms with Gasteiger partial charge in [0.05, 0.1) is 18.4 Å². The van der Waals surface area contributed by atoms with Crippen molar-refractivity contribution in [1.29, 1.82) is 0 Å². The van der Waals surface area contributed by atoms with Crippen LogP contribution in [-0.2, 0) is 4.74 Å². The molecule has 1 saturated heterocycles. The van der Waals surface area contributed by atoms with Crippen LogP contribution in [-0.4, -0.2) is 37.4 Å². The second-order valence-corrected chi connectivity index (χ2v) is 5.49. The van der Waals surface area contributed by atoms with Gasteiger partial charge in [-0.15, -0.1) is 0 Å². The number of piperidine rings is 1. The van der Waals surface area contributed by atoms with Crippen LogP contribution in [0.2, 0.25) is 0 Å². The number of anilines is 2. The Morgan fingerprint density at radius 3 is 2.86 bits per heavy atom. The normalized spacial score (nSPS) is 18.8. The first-order valence-corrected chi connectivity index (χ1v) is 8.00. The van der Waals surface area contributed by atoms with Crippen molar-refractivity contribution in [3.8, 4) is 5.88 Å². The molecule has 0 spiro atoms. The van der Waals surface area contributed by atoms with Gasteiger partial charge < -0.3 is 20.1 Å². The minimum atomic E-state index is 0.304. The largest absolute Gasteiger partial charge is 0.476 e. The molecule has 5 heteroatoms. The fourth-order valence-electron chi connectivity index (χ4n) is 2.50. The third-order valence-electron chi connectivity index (χ3n) is 3.58. The number of ether oxygens (including phenoxy) is 2. The van der Waals surface area contributed by atoms with Gasteiger partial charge in [0.2, 0.25) is 5.88 Å². The van der Waals surface area contributed by atoms with Crippen molar-refractivity contribution in [1.82, 2.24) is 4.98 Å². The van der Waals surface area contributed by atoms with E-state index in [1.165, 1.54) is 0 Å². The van der Waals surface area contributed by atoms with E-state index in [4.69, 9.17) is 15.2 Å². The average Bonchev–Trinajstić information content (AvgIpc) is 2.52. The molecule has 1 aliphatic rings. The summed E-state index contributed by atoms with van der Waals surface area (Å²) in [4.78, 5) is 6.84. The minimum absolute atomic E-state index is 0.304. The third kappa shape index (κ3) is 4.49. The molecule has 0 amide bonds. The monoisotopic (exact) mass is 293 g/mol. The van der Waals surface area contributed by atoms with Gasteiger partial charge in [0.1, 0.15) is 5.82 Å². The molecule has 0 radical (unpaired) electrons. The van der Waals surface area contributed by atoms with E-state index in [-0.39, 0.29) is 0 Å². The van der Waals surface area contributed by atoms with Gasteiger partial charge in [-0.3, -0.25) is 0 Å². The lowest BCUT2D eigenvalue weighted by Crippen LogP contribution is -2.40. The van der Waals surface area contributed by atoms with Crippen molar-refractivity contribution < 1.29 is 9.47 Å². The third-order valence-corrected chi connectivity index (χ3v) is 3.58. The van der Waals surface area contributed by atoms with Crippen LogP contribution in [0.15, 0.2) is 12.1 Å². The predicted molar refractivity (Wildman–Crippen MR) is 85.9 cm³/mol. The van der Waals surface area contributed by atoms with Crippen LogP contribution in [0.1, 0.15) is 39.5 Å². The Labute approximate surface area is 127 Å². The summed E-state index contributed by atoms with van der Waals surface area (Å²) in [6.07, 6.45) is 4.57. The lowest BCUT2D eigenvalue weighted by molar-refractivity contribution is 0.0439. The number of pyridine rings is 1. The number of nitrogens with two attached hydrogens (primary N) is 1. The average molecular weight is 293 g/mol. The smallest absolute Gasteiger partial charge is 0.239 e. The van der Waals surface area contributed by atoms with Crippen LogP contribution in [0.3, 0.4) is 0 Å². The highest BCUT2D eigenvalue weighted by atomic mass is 16.5. The Morgan fingerprint density at radius 2 is 2.10 bits per heavy atom. The Kier molecular flexibility index (Phi) is 6.11. The highest BCUT2D eigenvalue weighted by Gasteiger charge is 2.22. The van der Waals surface area contributed by atoms with Crippen molar-refractivity contribution in [2.24, 2.45) is 0 Å². The number of hydrogen-bond donors (Lipinski definition) is 1. The summed E-state index contributed by atoms with van der Waals surface area (Å²) >= 11 is 0. The number of nitrogen functional groups attached to an aromatic ring is 1. The van der Waals surface area contributed by atoms with Crippen molar-refractivity contribution in [2.45, 2.75) is 45.6 Å². The molecule has 118 valence electrons. The summed E-state index contributed by atoms with van der Waals surface area (Å²) in [6.45, 7) is 7.58. The summed E-state index contributed by atoms with van der Waals surface area (Å²) < 4.78 is 11.5. The minimum Gasteiger partial charge on any atom is -0.476 e. The molecule has 2 rings (SSSR count). The molecular weight excluding hydrogens is 266 g/mol. The van der Waals surface area contributed by atoms with Crippen molar-refractivity contribution in [3.05, 3.63) is 12.1 Å². The first-order valence-electron chi connectivity index (χ1n) is 8.00. The molecule has 1 fully saturated rings. The molecule has 21 heavy (non-hydrogen) atoms. The Hall–Kier alpha value is -1.49. The van der Waals surface area contributed by atoms with Crippen LogP contribution in [0.25, 0.3) is 0 Å². The van der Waals surface area contributed by atoms with E-state index in [0.717, 1.165) is 51.2 Å². The second-order valence-electron chi connectivity index (χ2n) is 5.49. The SMILES string of the molecule is CCCOc1nc(N2CCCC(OCCC)C2)ccc1N. The summed E-state index contributed by atoms with van der Waals surface area (Å²) in [5.41, 5.74) is 6.52. The molecule has 1 aliphatic heterocycles. The van der Waals surface area contributed by atoms with E-state index in [1.54, 1.807) is 0 Å². The number of rotatable bonds is 7. The molecule has 1 aromatic heterocycles. The predicted octanol–water partition coefficient (Wildman–Crippen LogP) is 2.85. The zero-order chi connectivity index (χ0) is 15.1. The number of nitrogens with zero attached hydrogens (tertiary/aromatic N) is 2. The zero-order valence-electron chi connectivity index (χ0n) is 13.2. The van der Waals surface area contributed by atoms with Gasteiger partial charge in [0.15, 0.2) is 0 Å². The van der Waals surface area contributed by atoms with Crippen LogP contribution >= 0.6 is 0 Å². The Balaban J connectivity index is 2.02. The maximum atomic E-state index is 5.92. The zero-order valence-corrected chi connectivity index (χ0v) is 13.2. The van der Waals surface area contributed by atoms with Gasteiger partial charge in [-0.2, -0.15) is 4.98 Å². The van der Waals surface area contributed by atoms with Gasteiger partial charge in [0, 0.05) is 19.7 Å². The van der Waals surface area contributed by atoms with Crippen LogP contribution < -0.4 is 15.4 Å². The van der Waals surface area contributed by atoms with Crippen molar-refractivity contribution in [2.75, 3.05) is 36.9 Å². The van der Waals surface area contributed by atoms with E-state index < -0.39 is 0 Å². The molecule has 0 saturated carbocycles. The van der Waals surface area contributed by atoms with Crippen molar-refractivity contribution >= 4 is 11.5 Å². The first-order chi connectivity index (χ1) is 10.2. The Morgan fingerprint density at radius 1 is 1.29 bits per heavy atom. The highest BCUT2D eigenvalue weighted by Crippen LogP contribution is 2.26. The molecule has 2 heterocycles. The second kappa shape index (κ2) is 8.08. The highest BCUT2D eigenvalue weighted by molar-refractivity contribution is 5.54. The van der Waals surface area contributed by atoms with Gasteiger partial charge in [-0.1, -0.05) is 13.8 Å². The molecule has 1 atom stereocenters. The summed E-state index contributed by atoms with van der Waals surface area (Å²) in [5.74, 6) is 1.48. The molecule has 0 bridgehead atoms. The Bertz CT molecular complexity index is 440. The fraction of sp³-hybridized carbons (Fsp3) is 0.688. The summed E-state index contributed by atoms with van der Waals surface area (Å²) in [5, 5.41) is 0. The van der Waals surface area contributed by atoms with Crippen LogP contribution in [0.4, 0.5) is 11.5 Å². The molecule has 1 aromatic rings. The van der Waals surface area contributed by atoms with E-state index in [9.17, 15) is 0 Å². The van der Waals surface area contributed by atoms with Gasteiger partial charge in [-0.25, -0.2) is 0 Å². The maximum Gasteiger partial charge on any atom is 0.239 e. The molecular formula is C16H27N3O2. The molecule has 5 nitrogen and oxygen atoms in total. The van der Waals surface area contributed by atoms with E-state index in [0.29, 0.717) is 24.3 Å². The van der Waals surface area contributed by atoms with Crippen LogP contribution in [0.5, 0.6) is 5.88 Å². The molecule has 2 N–H and O–H groups in total. The molecule has 0 aliphatic carbocycles. The van der Waals surface area contributed by atoms with E-state index >= 15 is 0 Å². The van der Waals surface area contributed by atoms with Gasteiger partial charge in [-0.05, 0) is 37.8 Å². The number of hydrogen-bond acceptors (Lipinski definition) is 5. The van der Waals surface area contributed by atoms with Crippen molar-refractivity contribution in [3.63, 3.8) is 0 Å². The lowest BCUT2D eigenvalue weighted by Gasteiger charge is -2.33. The van der Waals surface area contributed by atoms with E-state index in [2.05, 4.69) is 23.7 Å². The van der Waals surface area contributed by atoms with Gasteiger partial charge in [0.25, 0.3) is 0 Å². The number of aromatic nitrogens is 1. The molecule has 0 aromatic carbocycles. The fourth-order valence-corrected chi connectivity index (χ4v) is 2.50. The first kappa shape index (κ1) is 15.9. The topological polar surface area (TPSA) is 60.6 Å². The standard InChI is InChI=1S/C16H27N3O2/c1-3-10-20-13-6-5-9-19(12-13)15-8-7-14(17)16(18-15)21-11-4-2/h7-8,13H,3-6,9-12,17H2,1-2H3. The quantitative estimate of drug-likeness (QED) is 0.837. The summed E-state index contributed by atoms with van der Waals surface area (Å²) in [6, 6.07) is 3.85. The summed E-state index contributed by atoms with van der Waals surface area (Å²) in [7, 11) is 0. The maximum absolute atomic E-state index is 5.92. The van der Waals surface area contributed by atoms with Gasteiger partial charge >= 0.3 is 0 Å². The van der Waals surface area contributed by atoms with Crippen LogP contribution in [0, 0.1) is 0 Å². The van der Waals surface area contributed by atoms with E-state index in [1.807, 2.05) is 12.1 Å².